The van der Waals surface area contributed by atoms with Crippen molar-refractivity contribution in [2.24, 2.45) is 0 Å². The fourth-order valence-corrected chi connectivity index (χ4v) is 1.40. The summed E-state index contributed by atoms with van der Waals surface area (Å²) in [5.74, 6) is -2.11. The van der Waals surface area contributed by atoms with Gasteiger partial charge in [0.25, 0.3) is 0 Å². The average molecular weight is 293 g/mol. The zero-order valence-corrected chi connectivity index (χ0v) is 10.3. The highest BCUT2D eigenvalue weighted by molar-refractivity contribution is 6.30. The Morgan fingerprint density at radius 3 is 2.47 bits per heavy atom. The molecule has 0 saturated carbocycles. The van der Waals surface area contributed by atoms with Gasteiger partial charge < -0.3 is 10.4 Å². The number of hydrogen-bond donors (Lipinski definition) is 2. The molecule has 0 fully saturated rings. The van der Waals surface area contributed by atoms with E-state index >= 15 is 0 Å². The van der Waals surface area contributed by atoms with Gasteiger partial charge in [0.1, 0.15) is 6.07 Å². The van der Waals surface area contributed by atoms with Gasteiger partial charge in [0, 0.05) is 5.02 Å². The van der Waals surface area contributed by atoms with Crippen molar-refractivity contribution in [2.75, 3.05) is 5.32 Å². The van der Waals surface area contributed by atoms with Crippen molar-refractivity contribution in [1.29, 1.82) is 5.26 Å². The van der Waals surface area contributed by atoms with Gasteiger partial charge in [0.2, 0.25) is 5.54 Å². The first kappa shape index (κ1) is 15.1. The second kappa shape index (κ2) is 4.97. The maximum atomic E-state index is 12.8. The van der Waals surface area contributed by atoms with Gasteiger partial charge in [-0.3, -0.25) is 0 Å². The number of carboxylic acids is 1. The van der Waals surface area contributed by atoms with Crippen LogP contribution in [-0.2, 0) is 4.79 Å². The van der Waals surface area contributed by atoms with E-state index in [4.69, 9.17) is 22.0 Å². The Morgan fingerprint density at radius 2 is 2.05 bits per heavy atom. The average Bonchev–Trinajstić information content (AvgIpc) is 2.27. The number of carbonyl (C=O) groups is 1. The van der Waals surface area contributed by atoms with Gasteiger partial charge in [-0.05, 0) is 25.1 Å². The summed E-state index contributed by atoms with van der Waals surface area (Å²) in [6.45, 7) is 0.470. The number of nitrogens with one attached hydrogen (secondary N) is 1. The number of anilines is 1. The minimum absolute atomic E-state index is 0.0800. The summed E-state index contributed by atoms with van der Waals surface area (Å²) in [5.41, 5.74) is -3.65. The molecule has 8 heteroatoms. The maximum absolute atomic E-state index is 12.8. The molecule has 0 bridgehead atoms. The van der Waals surface area contributed by atoms with E-state index in [1.165, 1.54) is 12.1 Å². The third-order valence-corrected chi connectivity index (χ3v) is 2.72. The number of alkyl halides is 3. The van der Waals surface area contributed by atoms with E-state index in [-0.39, 0.29) is 16.3 Å². The third-order valence-electron chi connectivity index (χ3n) is 2.48. The van der Waals surface area contributed by atoms with Crippen molar-refractivity contribution < 1.29 is 23.1 Å². The van der Waals surface area contributed by atoms with Crippen LogP contribution < -0.4 is 5.32 Å². The first-order chi connectivity index (χ1) is 8.61. The molecule has 0 heterocycles. The highest BCUT2D eigenvalue weighted by Gasteiger charge is 2.57. The minimum Gasteiger partial charge on any atom is -0.479 e. The number of aliphatic carboxylic acids is 1. The lowest BCUT2D eigenvalue weighted by Gasteiger charge is -2.30. The Morgan fingerprint density at radius 1 is 1.47 bits per heavy atom. The maximum Gasteiger partial charge on any atom is 0.422 e. The predicted molar refractivity (Wildman–Crippen MR) is 61.9 cm³/mol. The fourth-order valence-electron chi connectivity index (χ4n) is 1.23. The Bertz CT molecular complexity index is 554. The molecule has 1 atom stereocenters. The van der Waals surface area contributed by atoms with Crippen LogP contribution >= 0.6 is 11.6 Å². The first-order valence-electron chi connectivity index (χ1n) is 4.90. The molecule has 0 radical (unpaired) electrons. The largest absolute Gasteiger partial charge is 0.479 e. The Hall–Kier alpha value is -1.94. The number of benzene rings is 1. The molecule has 1 rings (SSSR count). The molecule has 0 saturated heterocycles. The van der Waals surface area contributed by atoms with E-state index in [0.29, 0.717) is 6.92 Å². The highest BCUT2D eigenvalue weighted by atomic mass is 35.5. The summed E-state index contributed by atoms with van der Waals surface area (Å²) < 4.78 is 38.5. The van der Waals surface area contributed by atoms with Crippen molar-refractivity contribution in [3.05, 3.63) is 28.8 Å². The molecular formula is C11H8ClF3N2O2. The third kappa shape index (κ3) is 2.90. The van der Waals surface area contributed by atoms with E-state index in [2.05, 4.69) is 0 Å². The van der Waals surface area contributed by atoms with Gasteiger partial charge in [-0.25, -0.2) is 4.79 Å². The lowest BCUT2D eigenvalue weighted by Crippen LogP contribution is -2.55. The highest BCUT2D eigenvalue weighted by Crippen LogP contribution is 2.35. The topological polar surface area (TPSA) is 73.1 Å². The quantitative estimate of drug-likeness (QED) is 0.898. The van der Waals surface area contributed by atoms with Crippen LogP contribution in [0.3, 0.4) is 0 Å². The minimum atomic E-state index is -5.05. The van der Waals surface area contributed by atoms with Crippen LogP contribution in [0.5, 0.6) is 0 Å². The lowest BCUT2D eigenvalue weighted by atomic mass is 10.0. The van der Waals surface area contributed by atoms with Crippen molar-refractivity contribution in [3.8, 4) is 6.07 Å². The van der Waals surface area contributed by atoms with Crippen molar-refractivity contribution in [3.63, 3.8) is 0 Å². The summed E-state index contributed by atoms with van der Waals surface area (Å²) in [5, 5.41) is 19.5. The van der Waals surface area contributed by atoms with Gasteiger partial charge in [-0.2, -0.15) is 18.4 Å². The summed E-state index contributed by atoms with van der Waals surface area (Å²) in [6, 6.07) is 5.23. The molecule has 0 aromatic heterocycles. The number of carboxylic acid groups (broad SMARTS) is 1. The van der Waals surface area contributed by atoms with E-state index in [1.807, 2.05) is 5.32 Å². The number of nitrogens with zero attached hydrogens (tertiary/aromatic N) is 1. The van der Waals surface area contributed by atoms with Crippen molar-refractivity contribution in [1.82, 2.24) is 0 Å². The van der Waals surface area contributed by atoms with Crippen LogP contribution in [-0.4, -0.2) is 22.8 Å². The standard InChI is InChI=1S/C11H8ClF3N2O2/c1-10(9(18)19,11(13,14)15)17-8-4-7(12)3-2-6(8)5-16/h2-4,17H,1H3,(H,18,19). The number of hydrogen-bond acceptors (Lipinski definition) is 3. The molecule has 0 aliphatic rings. The number of rotatable bonds is 3. The molecule has 0 aliphatic carbocycles. The van der Waals surface area contributed by atoms with Crippen LogP contribution in [0.1, 0.15) is 12.5 Å². The van der Waals surface area contributed by atoms with Gasteiger partial charge in [0.05, 0.1) is 11.3 Å². The van der Waals surface area contributed by atoms with Gasteiger partial charge in [-0.15, -0.1) is 0 Å². The lowest BCUT2D eigenvalue weighted by molar-refractivity contribution is -0.192. The van der Waals surface area contributed by atoms with Crippen LogP contribution in [0.4, 0.5) is 18.9 Å². The molecule has 102 valence electrons. The van der Waals surface area contributed by atoms with E-state index < -0.39 is 17.7 Å². The Kier molecular flexibility index (Phi) is 3.96. The van der Waals surface area contributed by atoms with E-state index in [1.54, 1.807) is 6.07 Å². The van der Waals surface area contributed by atoms with Crippen LogP contribution in [0.25, 0.3) is 0 Å². The Balaban J connectivity index is 3.30. The summed E-state index contributed by atoms with van der Waals surface area (Å²) >= 11 is 5.62. The molecule has 0 spiro atoms. The van der Waals surface area contributed by atoms with E-state index in [0.717, 1.165) is 6.07 Å². The van der Waals surface area contributed by atoms with Crippen LogP contribution in [0.2, 0.25) is 5.02 Å². The SMILES string of the molecule is CC(Nc1cc(Cl)ccc1C#N)(C(=O)O)C(F)(F)F. The van der Waals surface area contributed by atoms with Gasteiger partial charge >= 0.3 is 12.1 Å². The van der Waals surface area contributed by atoms with Gasteiger partial charge in [0.15, 0.2) is 0 Å². The van der Waals surface area contributed by atoms with Crippen LogP contribution in [0, 0.1) is 11.3 Å². The summed E-state index contributed by atoms with van der Waals surface area (Å²) in [4.78, 5) is 10.9. The molecule has 1 unspecified atom stereocenters. The van der Waals surface area contributed by atoms with Crippen LogP contribution in [0.15, 0.2) is 18.2 Å². The molecule has 0 amide bonds. The van der Waals surface area contributed by atoms with Crippen molar-refractivity contribution in [2.45, 2.75) is 18.6 Å². The molecule has 4 nitrogen and oxygen atoms in total. The van der Waals surface area contributed by atoms with Crippen molar-refractivity contribution >= 4 is 23.3 Å². The zero-order chi connectivity index (χ0) is 14.8. The predicted octanol–water partition coefficient (Wildman–Crippen LogP) is 3.03. The molecule has 2 N–H and O–H groups in total. The normalized spacial score (nSPS) is 14.3. The number of nitriles is 1. The second-order valence-corrected chi connectivity index (χ2v) is 4.29. The fraction of sp³-hybridized carbons (Fsp3) is 0.273. The monoisotopic (exact) mass is 292 g/mol. The molecular weight excluding hydrogens is 285 g/mol. The van der Waals surface area contributed by atoms with Gasteiger partial charge in [-0.1, -0.05) is 11.6 Å². The zero-order valence-electron chi connectivity index (χ0n) is 9.55. The second-order valence-electron chi connectivity index (χ2n) is 3.85. The number of halogens is 4. The smallest absolute Gasteiger partial charge is 0.422 e. The first-order valence-corrected chi connectivity index (χ1v) is 5.27. The summed E-state index contributed by atoms with van der Waals surface area (Å²) in [6.07, 6.45) is -5.05. The summed E-state index contributed by atoms with van der Waals surface area (Å²) in [7, 11) is 0. The molecule has 1 aromatic carbocycles. The molecule has 19 heavy (non-hydrogen) atoms. The molecule has 0 aliphatic heterocycles. The molecule has 1 aromatic rings. The Labute approximate surface area is 111 Å². The van der Waals surface area contributed by atoms with E-state index in [9.17, 15) is 18.0 Å².